The van der Waals surface area contributed by atoms with Crippen LogP contribution in [0.25, 0.3) is 0 Å². The first-order valence-electron chi connectivity index (χ1n) is 9.63. The van der Waals surface area contributed by atoms with Gasteiger partial charge in [0.15, 0.2) is 5.78 Å². The highest BCUT2D eigenvalue weighted by Gasteiger charge is 2.48. The van der Waals surface area contributed by atoms with Crippen molar-refractivity contribution in [1.82, 2.24) is 0 Å². The van der Waals surface area contributed by atoms with Gasteiger partial charge in [0.1, 0.15) is 0 Å². The molecule has 0 aromatic carbocycles. The maximum absolute atomic E-state index is 12.0. The molecule has 0 aliphatic carbocycles. The summed E-state index contributed by atoms with van der Waals surface area (Å²) in [6.45, 7) is 2.18. The molecule has 27 heavy (non-hydrogen) atoms. The fraction of sp³-hybridized carbons (Fsp3) is 0.833. The predicted molar refractivity (Wildman–Crippen MR) is 100 cm³/mol. The number of carboxylic acid groups (broad SMARTS) is 1. The van der Waals surface area contributed by atoms with Crippen molar-refractivity contribution in [2.75, 3.05) is 0 Å². The molecule has 158 valence electrons. The Balaban J connectivity index is 4.11. The van der Waals surface area contributed by atoms with Gasteiger partial charge in [-0.3, -0.25) is 14.2 Å². The molecule has 8 nitrogen and oxygen atoms in total. The SMILES string of the molecule is CCCCCCCCCCCCCC(=O)C(O)(CC(=O)P(=O)(O)O)C(=O)O. The summed E-state index contributed by atoms with van der Waals surface area (Å²) in [5.41, 5.74) is -4.85. The van der Waals surface area contributed by atoms with E-state index in [0.29, 0.717) is 12.8 Å². The zero-order chi connectivity index (χ0) is 20.9. The molecule has 0 aliphatic rings. The fourth-order valence-corrected chi connectivity index (χ4v) is 3.21. The van der Waals surface area contributed by atoms with Crippen molar-refractivity contribution in [3.8, 4) is 0 Å². The van der Waals surface area contributed by atoms with Crippen LogP contribution >= 0.6 is 7.60 Å². The van der Waals surface area contributed by atoms with E-state index in [0.717, 1.165) is 19.3 Å². The van der Waals surface area contributed by atoms with Crippen molar-refractivity contribution in [2.24, 2.45) is 0 Å². The Morgan fingerprint density at radius 2 is 1.22 bits per heavy atom. The third kappa shape index (κ3) is 10.7. The Bertz CT molecular complexity index is 527. The number of aliphatic hydroxyl groups is 1. The van der Waals surface area contributed by atoms with Crippen LogP contribution in [0.15, 0.2) is 0 Å². The molecule has 0 saturated heterocycles. The quantitative estimate of drug-likeness (QED) is 0.163. The van der Waals surface area contributed by atoms with Gasteiger partial charge in [-0.2, -0.15) is 0 Å². The Morgan fingerprint density at radius 3 is 1.59 bits per heavy atom. The van der Waals surface area contributed by atoms with Crippen LogP contribution in [0.4, 0.5) is 0 Å². The summed E-state index contributed by atoms with van der Waals surface area (Å²) in [6, 6.07) is 0. The van der Waals surface area contributed by atoms with E-state index in [9.17, 15) is 24.1 Å². The lowest BCUT2D eigenvalue weighted by atomic mass is 9.91. The summed E-state index contributed by atoms with van der Waals surface area (Å²) in [5, 5.41) is 19.0. The zero-order valence-electron chi connectivity index (χ0n) is 16.1. The van der Waals surface area contributed by atoms with E-state index in [1.807, 2.05) is 0 Å². The van der Waals surface area contributed by atoms with Gasteiger partial charge in [0.05, 0.1) is 6.42 Å². The average molecular weight is 408 g/mol. The Morgan fingerprint density at radius 1 is 0.815 bits per heavy atom. The van der Waals surface area contributed by atoms with Crippen LogP contribution in [0.3, 0.4) is 0 Å². The topological polar surface area (TPSA) is 149 Å². The summed E-state index contributed by atoms with van der Waals surface area (Å²) >= 11 is 0. The van der Waals surface area contributed by atoms with Crippen molar-refractivity contribution < 1.29 is 38.9 Å². The number of carboxylic acids is 1. The van der Waals surface area contributed by atoms with E-state index in [4.69, 9.17) is 14.9 Å². The van der Waals surface area contributed by atoms with Gasteiger partial charge in [-0.15, -0.1) is 0 Å². The number of aliphatic carboxylic acids is 1. The molecule has 9 heteroatoms. The minimum absolute atomic E-state index is 0.256. The molecule has 0 aromatic heterocycles. The van der Waals surface area contributed by atoms with E-state index in [-0.39, 0.29) is 6.42 Å². The molecule has 0 rings (SSSR count). The van der Waals surface area contributed by atoms with Crippen LogP contribution in [-0.4, -0.2) is 42.9 Å². The molecule has 1 unspecified atom stereocenters. The molecule has 4 N–H and O–H groups in total. The molecule has 0 saturated carbocycles. The van der Waals surface area contributed by atoms with Crippen molar-refractivity contribution in [2.45, 2.75) is 96.0 Å². The Hall–Kier alpha value is -1.08. The maximum atomic E-state index is 12.0. The summed E-state index contributed by atoms with van der Waals surface area (Å²) < 4.78 is 10.8. The van der Waals surface area contributed by atoms with Gasteiger partial charge in [-0.05, 0) is 6.42 Å². The zero-order valence-corrected chi connectivity index (χ0v) is 17.0. The van der Waals surface area contributed by atoms with Crippen LogP contribution < -0.4 is 0 Å². The van der Waals surface area contributed by atoms with Crippen molar-refractivity contribution in [3.63, 3.8) is 0 Å². The molecule has 0 aliphatic heterocycles. The van der Waals surface area contributed by atoms with Gasteiger partial charge in [0.2, 0.25) is 11.1 Å². The smallest absolute Gasteiger partial charge is 0.391 e. The standard InChI is InChI=1S/C18H33O8P/c1-2-3-4-5-6-7-8-9-10-11-12-13-15(19)18(23,17(21)22)14-16(20)27(24,25)26/h23H,2-14H2,1H3,(H,21,22)(H2,24,25,26). The number of rotatable bonds is 17. The van der Waals surface area contributed by atoms with Crippen LogP contribution in [0, 0.1) is 0 Å². The molecule has 0 spiro atoms. The van der Waals surface area contributed by atoms with Crippen molar-refractivity contribution in [1.29, 1.82) is 0 Å². The van der Waals surface area contributed by atoms with Crippen LogP contribution in [0.2, 0.25) is 0 Å². The van der Waals surface area contributed by atoms with Gasteiger partial charge in [0, 0.05) is 6.42 Å². The maximum Gasteiger partial charge on any atom is 0.391 e. The first-order chi connectivity index (χ1) is 12.6. The van der Waals surface area contributed by atoms with E-state index in [1.165, 1.54) is 38.5 Å². The molecule has 0 bridgehead atoms. The molecule has 0 heterocycles. The largest absolute Gasteiger partial charge is 0.479 e. The third-order valence-electron chi connectivity index (χ3n) is 4.55. The van der Waals surface area contributed by atoms with E-state index in [2.05, 4.69) is 6.92 Å². The molecule has 0 fully saturated rings. The van der Waals surface area contributed by atoms with E-state index < -0.39 is 36.9 Å². The normalized spacial score (nSPS) is 13.9. The molecule has 0 amide bonds. The number of unbranched alkanes of at least 4 members (excludes halogenated alkanes) is 10. The summed E-state index contributed by atoms with van der Waals surface area (Å²) in [7, 11) is -5.20. The minimum Gasteiger partial charge on any atom is -0.479 e. The lowest BCUT2D eigenvalue weighted by molar-refractivity contribution is -0.167. The van der Waals surface area contributed by atoms with Crippen molar-refractivity contribution in [3.05, 3.63) is 0 Å². The Kier molecular flexibility index (Phi) is 12.6. The highest BCUT2D eigenvalue weighted by atomic mass is 31.2. The summed E-state index contributed by atoms with van der Waals surface area (Å²) in [4.78, 5) is 51.9. The van der Waals surface area contributed by atoms with Gasteiger partial charge < -0.3 is 20.0 Å². The van der Waals surface area contributed by atoms with Gasteiger partial charge in [-0.25, -0.2) is 4.79 Å². The van der Waals surface area contributed by atoms with Gasteiger partial charge in [-0.1, -0.05) is 71.1 Å². The van der Waals surface area contributed by atoms with E-state index in [1.54, 1.807) is 0 Å². The van der Waals surface area contributed by atoms with Crippen LogP contribution in [0.1, 0.15) is 90.4 Å². The average Bonchev–Trinajstić information content (AvgIpc) is 2.58. The Labute approximate surface area is 160 Å². The lowest BCUT2D eigenvalue weighted by Crippen LogP contribution is -2.48. The minimum atomic E-state index is -5.20. The number of carbonyl (C=O) groups is 3. The van der Waals surface area contributed by atoms with E-state index >= 15 is 0 Å². The van der Waals surface area contributed by atoms with Gasteiger partial charge >= 0.3 is 13.6 Å². The third-order valence-corrected chi connectivity index (χ3v) is 5.36. The molecular weight excluding hydrogens is 375 g/mol. The predicted octanol–water partition coefficient (Wildman–Crippen LogP) is 3.17. The van der Waals surface area contributed by atoms with Gasteiger partial charge in [0.25, 0.3) is 0 Å². The number of hydrogen-bond acceptors (Lipinski definition) is 5. The first kappa shape index (κ1) is 25.9. The van der Waals surface area contributed by atoms with Crippen LogP contribution in [-0.2, 0) is 18.9 Å². The second-order valence-electron chi connectivity index (χ2n) is 6.99. The second kappa shape index (κ2) is 13.2. The molecule has 0 aromatic rings. The summed E-state index contributed by atoms with van der Waals surface area (Å²) in [5.74, 6) is -3.08. The fourth-order valence-electron chi connectivity index (χ4n) is 2.77. The first-order valence-corrected chi connectivity index (χ1v) is 11.2. The second-order valence-corrected chi connectivity index (χ2v) is 8.58. The van der Waals surface area contributed by atoms with Crippen LogP contribution in [0.5, 0.6) is 0 Å². The highest BCUT2D eigenvalue weighted by molar-refractivity contribution is 7.70. The summed E-state index contributed by atoms with van der Waals surface area (Å²) in [6.07, 6.45) is 9.78. The number of carbonyl (C=O) groups excluding carboxylic acids is 2. The highest BCUT2D eigenvalue weighted by Crippen LogP contribution is 2.39. The number of hydrogen-bond donors (Lipinski definition) is 4. The molecule has 1 atom stereocenters. The molecular formula is C18H33O8P. The number of ketones is 1. The lowest BCUT2D eigenvalue weighted by Gasteiger charge is -2.21. The van der Waals surface area contributed by atoms with Crippen molar-refractivity contribution >= 4 is 24.9 Å². The molecule has 0 radical (unpaired) electrons. The monoisotopic (exact) mass is 408 g/mol. The number of Topliss-reactive ketones (excluding diaryl/α,β-unsaturated/α-hetero) is 1.